The largest absolute Gasteiger partial charge is 0.496 e. The van der Waals surface area contributed by atoms with Crippen molar-refractivity contribution in [2.75, 3.05) is 13.7 Å². The van der Waals surface area contributed by atoms with Crippen LogP contribution >= 0.6 is 0 Å². The molecule has 1 heterocycles. The molecule has 0 unspecified atom stereocenters. The number of pyridine rings is 1. The van der Waals surface area contributed by atoms with Gasteiger partial charge in [0.05, 0.1) is 23.8 Å². The Kier molecular flexibility index (Phi) is 5.43. The number of para-hydroxylation sites is 2. The average Bonchev–Trinajstić information content (AvgIpc) is 3.23. The van der Waals surface area contributed by atoms with Gasteiger partial charge in [0.15, 0.2) is 6.61 Å². The van der Waals surface area contributed by atoms with Gasteiger partial charge in [0, 0.05) is 11.1 Å². The van der Waals surface area contributed by atoms with E-state index < -0.39 is 24.4 Å². The van der Waals surface area contributed by atoms with Crippen LogP contribution in [0, 0.1) is 0 Å². The first-order chi connectivity index (χ1) is 14.6. The number of rotatable bonds is 5. The zero-order valence-corrected chi connectivity index (χ0v) is 16.4. The molecular formula is C23H20N2O5. The summed E-state index contributed by atoms with van der Waals surface area (Å²) in [6.07, 6.45) is 2.48. The molecule has 30 heavy (non-hydrogen) atoms. The van der Waals surface area contributed by atoms with Gasteiger partial charge in [0.25, 0.3) is 11.8 Å². The highest BCUT2D eigenvalue weighted by atomic mass is 16.5. The third-order valence-electron chi connectivity index (χ3n) is 5.06. The minimum Gasteiger partial charge on any atom is -0.496 e. The van der Waals surface area contributed by atoms with Gasteiger partial charge in [0.2, 0.25) is 0 Å². The first kappa shape index (κ1) is 19.6. The summed E-state index contributed by atoms with van der Waals surface area (Å²) in [6, 6.07) is 13.9. The van der Waals surface area contributed by atoms with Crippen molar-refractivity contribution in [2.24, 2.45) is 0 Å². The van der Waals surface area contributed by atoms with E-state index in [0.717, 1.165) is 36.0 Å². The molecule has 0 spiro atoms. The fraction of sp³-hybridized carbons (Fsp3) is 0.217. The lowest BCUT2D eigenvalue weighted by atomic mass is 10.0. The number of hydrogen-bond donors (Lipinski definition) is 1. The Bertz CT molecular complexity index is 1160. The summed E-state index contributed by atoms with van der Waals surface area (Å²) in [5, 5.41) is 2.92. The second kappa shape index (κ2) is 8.32. The predicted molar refractivity (Wildman–Crippen MR) is 110 cm³/mol. The van der Waals surface area contributed by atoms with Crippen molar-refractivity contribution >= 4 is 28.7 Å². The highest BCUT2D eigenvalue weighted by molar-refractivity contribution is 6.08. The molecule has 7 heteroatoms. The number of carbonyl (C=O) groups excluding carboxylic acids is 3. The summed E-state index contributed by atoms with van der Waals surface area (Å²) >= 11 is 0. The Morgan fingerprint density at radius 3 is 2.63 bits per heavy atom. The minimum absolute atomic E-state index is 0.220. The smallest absolute Gasteiger partial charge is 0.339 e. The summed E-state index contributed by atoms with van der Waals surface area (Å²) in [5.74, 6) is -1.58. The van der Waals surface area contributed by atoms with E-state index in [1.165, 1.54) is 7.11 Å². The van der Waals surface area contributed by atoms with Gasteiger partial charge in [-0.1, -0.05) is 30.3 Å². The Labute approximate surface area is 173 Å². The molecule has 7 nitrogen and oxygen atoms in total. The van der Waals surface area contributed by atoms with Gasteiger partial charge in [-0.25, -0.2) is 4.79 Å². The third-order valence-corrected chi connectivity index (χ3v) is 5.06. The molecule has 1 aliphatic carbocycles. The number of ether oxygens (including phenoxy) is 2. The van der Waals surface area contributed by atoms with Crippen LogP contribution in [0.2, 0.25) is 0 Å². The Morgan fingerprint density at radius 1 is 1.03 bits per heavy atom. The summed E-state index contributed by atoms with van der Waals surface area (Å²) < 4.78 is 10.4. The van der Waals surface area contributed by atoms with E-state index in [4.69, 9.17) is 9.47 Å². The molecule has 0 radical (unpaired) electrons. The Morgan fingerprint density at radius 2 is 1.80 bits per heavy atom. The number of aryl methyl sites for hydroxylation is 1. The van der Waals surface area contributed by atoms with Gasteiger partial charge < -0.3 is 9.47 Å². The van der Waals surface area contributed by atoms with Crippen molar-refractivity contribution in [1.29, 1.82) is 0 Å². The molecule has 1 aliphatic rings. The number of hydrogen-bond acceptors (Lipinski definition) is 6. The molecule has 1 N–H and O–H groups in total. The molecule has 0 atom stereocenters. The van der Waals surface area contributed by atoms with Crippen LogP contribution in [-0.4, -0.2) is 36.5 Å². The van der Waals surface area contributed by atoms with Crippen LogP contribution in [0.5, 0.6) is 5.75 Å². The molecule has 152 valence electrons. The minimum atomic E-state index is -0.714. The molecule has 0 bridgehead atoms. The second-order valence-corrected chi connectivity index (χ2v) is 6.94. The van der Waals surface area contributed by atoms with Crippen LogP contribution < -0.4 is 10.1 Å². The monoisotopic (exact) mass is 404 g/mol. The Hall–Kier alpha value is -3.74. The van der Waals surface area contributed by atoms with Crippen LogP contribution in [-0.2, 0) is 22.4 Å². The zero-order chi connectivity index (χ0) is 21.1. The summed E-state index contributed by atoms with van der Waals surface area (Å²) in [7, 11) is 1.44. The molecule has 3 aromatic rings. The number of nitrogens with one attached hydrogen (secondary N) is 1. The summed E-state index contributed by atoms with van der Waals surface area (Å²) in [6.45, 7) is -0.564. The van der Waals surface area contributed by atoms with E-state index in [1.54, 1.807) is 24.3 Å². The quantitative estimate of drug-likeness (QED) is 0.657. The lowest BCUT2D eigenvalue weighted by Crippen LogP contribution is -2.34. The van der Waals surface area contributed by atoms with E-state index in [-0.39, 0.29) is 5.56 Å². The molecular weight excluding hydrogens is 384 g/mol. The zero-order valence-electron chi connectivity index (χ0n) is 16.4. The molecule has 2 aromatic carbocycles. The number of amides is 2. The Balaban J connectivity index is 1.48. The number of methoxy groups -OCH3 is 1. The predicted octanol–water partition coefficient (Wildman–Crippen LogP) is 2.85. The van der Waals surface area contributed by atoms with E-state index in [0.29, 0.717) is 16.7 Å². The van der Waals surface area contributed by atoms with Crippen LogP contribution in [0.4, 0.5) is 0 Å². The van der Waals surface area contributed by atoms with Crippen LogP contribution in [0.15, 0.2) is 48.5 Å². The van der Waals surface area contributed by atoms with Crippen LogP contribution in [0.1, 0.15) is 38.4 Å². The average molecular weight is 404 g/mol. The number of imide groups is 1. The fourth-order valence-electron chi connectivity index (χ4n) is 3.71. The molecule has 0 saturated heterocycles. The first-order valence-corrected chi connectivity index (χ1v) is 9.63. The number of carbonyl (C=O) groups is 3. The van der Waals surface area contributed by atoms with E-state index in [2.05, 4.69) is 10.3 Å². The number of benzene rings is 2. The maximum Gasteiger partial charge on any atom is 0.339 e. The van der Waals surface area contributed by atoms with Crippen molar-refractivity contribution in [3.8, 4) is 5.75 Å². The molecule has 0 saturated carbocycles. The molecule has 4 rings (SSSR count). The molecule has 0 fully saturated rings. The number of esters is 1. The van der Waals surface area contributed by atoms with Gasteiger partial charge >= 0.3 is 5.97 Å². The SMILES string of the molecule is COc1ccccc1C(=O)NC(=O)COC(=O)c1c2c(nc3ccccc13)CCC2. The lowest BCUT2D eigenvalue weighted by molar-refractivity contribution is -0.123. The molecule has 0 aliphatic heterocycles. The van der Waals surface area contributed by atoms with Gasteiger partial charge in [-0.05, 0) is 43.0 Å². The lowest BCUT2D eigenvalue weighted by Gasteiger charge is -2.12. The number of aromatic nitrogens is 1. The van der Waals surface area contributed by atoms with Crippen molar-refractivity contribution in [1.82, 2.24) is 10.3 Å². The second-order valence-electron chi connectivity index (χ2n) is 6.94. The first-order valence-electron chi connectivity index (χ1n) is 9.63. The van der Waals surface area contributed by atoms with Crippen molar-refractivity contribution in [2.45, 2.75) is 19.3 Å². The highest BCUT2D eigenvalue weighted by Gasteiger charge is 2.25. The topological polar surface area (TPSA) is 94.6 Å². The van der Waals surface area contributed by atoms with E-state index >= 15 is 0 Å². The van der Waals surface area contributed by atoms with E-state index in [9.17, 15) is 14.4 Å². The molecule has 2 amide bonds. The fourth-order valence-corrected chi connectivity index (χ4v) is 3.71. The van der Waals surface area contributed by atoms with Gasteiger partial charge in [0.1, 0.15) is 5.75 Å². The van der Waals surface area contributed by atoms with Crippen molar-refractivity contribution in [3.63, 3.8) is 0 Å². The van der Waals surface area contributed by atoms with Crippen molar-refractivity contribution in [3.05, 3.63) is 70.9 Å². The maximum atomic E-state index is 12.8. The normalized spacial score (nSPS) is 12.3. The van der Waals surface area contributed by atoms with Crippen LogP contribution in [0.25, 0.3) is 10.9 Å². The summed E-state index contributed by atoms with van der Waals surface area (Å²) in [4.78, 5) is 42.0. The van der Waals surface area contributed by atoms with E-state index in [1.807, 2.05) is 24.3 Å². The van der Waals surface area contributed by atoms with Gasteiger partial charge in [-0.3, -0.25) is 19.9 Å². The standard InChI is InChI=1S/C23H20N2O5/c1-29-19-12-5-3-8-16(19)22(27)25-20(26)13-30-23(28)21-14-7-2-4-10-17(14)24-18-11-6-9-15(18)21/h2-5,7-8,10,12H,6,9,11,13H2,1H3,(H,25,26,27). The van der Waals surface area contributed by atoms with Crippen molar-refractivity contribution < 1.29 is 23.9 Å². The maximum absolute atomic E-state index is 12.8. The number of fused-ring (bicyclic) bond motifs is 2. The molecule has 1 aromatic heterocycles. The van der Waals surface area contributed by atoms with Gasteiger partial charge in [-0.15, -0.1) is 0 Å². The highest BCUT2D eigenvalue weighted by Crippen LogP contribution is 2.30. The third kappa shape index (κ3) is 3.74. The van der Waals surface area contributed by atoms with Crippen LogP contribution in [0.3, 0.4) is 0 Å². The number of nitrogens with zero attached hydrogens (tertiary/aromatic N) is 1. The summed E-state index contributed by atoms with van der Waals surface area (Å²) in [5.41, 5.74) is 3.18. The van der Waals surface area contributed by atoms with Gasteiger partial charge in [-0.2, -0.15) is 0 Å².